The van der Waals surface area contributed by atoms with Crippen LogP contribution in [0.4, 0.5) is 10.1 Å². The highest BCUT2D eigenvalue weighted by atomic mass is 32.2. The predicted octanol–water partition coefficient (Wildman–Crippen LogP) is 6.11. The van der Waals surface area contributed by atoms with Gasteiger partial charge in [-0.25, -0.2) is 16.8 Å². The first kappa shape index (κ1) is 25.8. The molecule has 1 aliphatic heterocycles. The number of carbonyl (C=O) groups is 1. The van der Waals surface area contributed by atoms with E-state index < -0.39 is 27.7 Å². The minimum atomic E-state index is -4.19. The molecule has 0 unspecified atom stereocenters. The van der Waals surface area contributed by atoms with E-state index in [1.165, 1.54) is 45.6 Å². The molecule has 0 bridgehead atoms. The summed E-state index contributed by atoms with van der Waals surface area (Å²) < 4.78 is 44.6. The molecule has 0 saturated carbocycles. The summed E-state index contributed by atoms with van der Waals surface area (Å²) in [7, 11) is -4.19. The second-order valence-corrected chi connectivity index (χ2v) is 12.4. The largest absolute Gasteiger partial charge is 0.481 e. The van der Waals surface area contributed by atoms with E-state index in [4.69, 9.17) is 0 Å². The van der Waals surface area contributed by atoms with Crippen molar-refractivity contribution < 1.29 is 22.7 Å². The van der Waals surface area contributed by atoms with Crippen LogP contribution in [0.3, 0.4) is 0 Å². The Morgan fingerprint density at radius 1 is 1.07 bits per heavy atom. The number of hydrogen-bond acceptors (Lipinski definition) is 6. The fourth-order valence-corrected chi connectivity index (χ4v) is 7.36. The average molecular weight is 572 g/mol. The number of hydrogen-bond donors (Lipinski definition) is 1. The Morgan fingerprint density at radius 2 is 1.82 bits per heavy atom. The molecule has 0 aliphatic carbocycles. The van der Waals surface area contributed by atoms with E-state index in [1.54, 1.807) is 35.7 Å². The smallest absolute Gasteiger partial charge is 0.310 e. The van der Waals surface area contributed by atoms with E-state index >= 15 is 0 Å². The summed E-state index contributed by atoms with van der Waals surface area (Å²) in [5.74, 6) is -1.87. The molecule has 3 heterocycles. The molecule has 1 N–H and O–H groups in total. The summed E-state index contributed by atoms with van der Waals surface area (Å²) in [4.78, 5) is 13.7. The number of nitriles is 1. The Kier molecular flexibility index (Phi) is 6.21. The number of aliphatic carboxylic acids is 1. The fraction of sp³-hybridized carbons (Fsp3) is 0.133. The van der Waals surface area contributed by atoms with Gasteiger partial charge in [0, 0.05) is 40.9 Å². The lowest BCUT2D eigenvalue weighted by atomic mass is 9.96. The van der Waals surface area contributed by atoms with Crippen LogP contribution in [0, 0.1) is 30.0 Å². The normalized spacial score (nSPS) is 13.8. The van der Waals surface area contributed by atoms with Crippen LogP contribution in [0.15, 0.2) is 83.1 Å². The Hall–Kier alpha value is -4.46. The van der Waals surface area contributed by atoms with Crippen LogP contribution in [-0.2, 0) is 14.8 Å². The molecule has 1 fully saturated rings. The van der Waals surface area contributed by atoms with E-state index in [1.807, 2.05) is 24.0 Å². The van der Waals surface area contributed by atoms with Crippen molar-refractivity contribution in [1.82, 2.24) is 3.97 Å². The molecule has 5 aromatic rings. The molecule has 7 nitrogen and oxygen atoms in total. The van der Waals surface area contributed by atoms with Crippen molar-refractivity contribution in [2.45, 2.75) is 11.8 Å². The topological polar surface area (TPSA) is 103 Å². The minimum Gasteiger partial charge on any atom is -0.481 e. The van der Waals surface area contributed by atoms with Gasteiger partial charge in [-0.05, 0) is 60.8 Å². The number of rotatable bonds is 6. The van der Waals surface area contributed by atoms with Gasteiger partial charge in [0.15, 0.2) is 0 Å². The van der Waals surface area contributed by atoms with E-state index in [-0.39, 0.29) is 10.4 Å². The first-order valence-electron chi connectivity index (χ1n) is 12.4. The van der Waals surface area contributed by atoms with Crippen LogP contribution in [0.1, 0.15) is 10.4 Å². The Balaban J connectivity index is 1.68. The first-order valence-corrected chi connectivity index (χ1v) is 14.7. The lowest BCUT2D eigenvalue weighted by molar-refractivity contribution is -0.142. The highest BCUT2D eigenvalue weighted by Gasteiger charge is 2.34. The molecule has 1 aliphatic rings. The van der Waals surface area contributed by atoms with Crippen molar-refractivity contribution in [3.8, 4) is 28.5 Å². The summed E-state index contributed by atoms with van der Waals surface area (Å²) in [5, 5.41) is 21.3. The van der Waals surface area contributed by atoms with Crippen LogP contribution >= 0.6 is 11.3 Å². The second kappa shape index (κ2) is 9.62. The maximum absolute atomic E-state index is 14.7. The number of thiophene rings is 1. The molecule has 3 aromatic carbocycles. The van der Waals surface area contributed by atoms with Gasteiger partial charge in [0.05, 0.1) is 22.0 Å². The van der Waals surface area contributed by atoms with Gasteiger partial charge in [0.1, 0.15) is 16.8 Å². The number of nitrogens with zero attached hydrogens (tertiary/aromatic N) is 3. The highest BCUT2D eigenvalue weighted by molar-refractivity contribution is 7.90. The third-order valence-corrected chi connectivity index (χ3v) is 9.74. The van der Waals surface area contributed by atoms with Crippen molar-refractivity contribution in [2.75, 3.05) is 18.0 Å². The van der Waals surface area contributed by atoms with E-state index in [2.05, 4.69) is 6.07 Å². The van der Waals surface area contributed by atoms with E-state index in [0.29, 0.717) is 45.7 Å². The van der Waals surface area contributed by atoms with Crippen molar-refractivity contribution in [2.24, 2.45) is 5.92 Å². The zero-order valence-corrected chi connectivity index (χ0v) is 22.8. The van der Waals surface area contributed by atoms with Crippen LogP contribution < -0.4 is 4.90 Å². The van der Waals surface area contributed by atoms with Gasteiger partial charge in [0.25, 0.3) is 10.0 Å². The lowest BCUT2D eigenvalue weighted by Crippen LogP contribution is -2.50. The predicted molar refractivity (Wildman–Crippen MR) is 152 cm³/mol. The number of anilines is 1. The summed E-state index contributed by atoms with van der Waals surface area (Å²) in [6, 6.07) is 21.6. The quantitative estimate of drug-likeness (QED) is 0.264. The fourth-order valence-electron chi connectivity index (χ4n) is 5.12. The van der Waals surface area contributed by atoms with Gasteiger partial charge in [-0.2, -0.15) is 5.26 Å². The molecular weight excluding hydrogens is 549 g/mol. The third kappa shape index (κ3) is 4.15. The molecule has 0 atom stereocenters. The van der Waals surface area contributed by atoms with Gasteiger partial charge < -0.3 is 10.0 Å². The number of carboxylic acids is 1. The number of aromatic nitrogens is 1. The highest BCUT2D eigenvalue weighted by Crippen LogP contribution is 2.46. The summed E-state index contributed by atoms with van der Waals surface area (Å²) in [6.45, 7) is 2.54. The Bertz CT molecular complexity index is 1950. The second-order valence-electron chi connectivity index (χ2n) is 9.73. The zero-order valence-electron chi connectivity index (χ0n) is 21.2. The van der Waals surface area contributed by atoms with E-state index in [0.717, 1.165) is 11.3 Å². The first-order chi connectivity index (χ1) is 19.2. The van der Waals surface area contributed by atoms with Gasteiger partial charge in [-0.15, -0.1) is 11.3 Å². The average Bonchev–Trinajstić information content (AvgIpc) is 3.50. The van der Waals surface area contributed by atoms with Crippen molar-refractivity contribution in [3.63, 3.8) is 0 Å². The van der Waals surface area contributed by atoms with Crippen LogP contribution in [-0.4, -0.2) is 36.6 Å². The van der Waals surface area contributed by atoms with Crippen LogP contribution in [0.25, 0.3) is 33.3 Å². The molecule has 0 amide bonds. The monoisotopic (exact) mass is 571 g/mol. The molecule has 10 heteroatoms. The van der Waals surface area contributed by atoms with Crippen molar-refractivity contribution in [3.05, 3.63) is 94.4 Å². The lowest BCUT2D eigenvalue weighted by Gasteiger charge is -2.38. The molecule has 6 rings (SSSR count). The van der Waals surface area contributed by atoms with E-state index in [9.17, 15) is 28.0 Å². The number of halogens is 1. The Labute approximate surface area is 234 Å². The van der Waals surface area contributed by atoms with Gasteiger partial charge in [0.2, 0.25) is 0 Å². The SMILES string of the molecule is Cc1ccc(S(=O)(=O)n2c(-c3cccc(N4CC(C(=O)O)C4)c3)c(-c3ccsc3C#N)c3cc(F)ccc32)cc1. The van der Waals surface area contributed by atoms with Gasteiger partial charge in [-0.3, -0.25) is 4.79 Å². The molecule has 200 valence electrons. The summed E-state index contributed by atoms with van der Waals surface area (Å²) in [5.41, 5.74) is 3.70. The molecule has 0 spiro atoms. The Morgan fingerprint density at radius 3 is 2.52 bits per heavy atom. The van der Waals surface area contributed by atoms with Gasteiger partial charge >= 0.3 is 5.97 Å². The van der Waals surface area contributed by atoms with Crippen molar-refractivity contribution in [1.29, 1.82) is 5.26 Å². The maximum atomic E-state index is 14.7. The molecular formula is C30H22FN3O4S2. The molecule has 1 saturated heterocycles. The third-order valence-electron chi connectivity index (χ3n) is 7.20. The maximum Gasteiger partial charge on any atom is 0.310 e. The molecule has 0 radical (unpaired) electrons. The van der Waals surface area contributed by atoms with Crippen molar-refractivity contribution >= 4 is 43.9 Å². The van der Waals surface area contributed by atoms with Crippen LogP contribution in [0.5, 0.6) is 0 Å². The summed E-state index contributed by atoms with van der Waals surface area (Å²) in [6.07, 6.45) is 0. The summed E-state index contributed by atoms with van der Waals surface area (Å²) >= 11 is 1.22. The number of aryl methyl sites for hydroxylation is 1. The van der Waals surface area contributed by atoms with Crippen LogP contribution in [0.2, 0.25) is 0 Å². The molecule has 40 heavy (non-hydrogen) atoms. The number of fused-ring (bicyclic) bond motifs is 1. The van der Waals surface area contributed by atoms with Gasteiger partial charge in [-0.1, -0.05) is 29.8 Å². The number of carboxylic acid groups (broad SMARTS) is 1. The zero-order chi connectivity index (χ0) is 28.2. The standard InChI is InChI=1S/C30H22FN3O4S2/c1-18-5-8-23(9-6-18)40(37,38)34-26-10-7-21(31)14-25(26)28(24-11-12-39-27(24)15-32)29(34)19-3-2-4-22(13-19)33-16-20(17-33)30(35)36/h2-14,20H,16-17H2,1H3,(H,35,36). The number of benzene rings is 3. The molecule has 2 aromatic heterocycles. The minimum absolute atomic E-state index is 0.0705.